The quantitative estimate of drug-likeness (QED) is 0.789. The molecule has 1 amide bonds. The van der Waals surface area contributed by atoms with Crippen molar-refractivity contribution in [1.29, 1.82) is 0 Å². The van der Waals surface area contributed by atoms with E-state index in [1.807, 2.05) is 35.2 Å². The number of hydrogen-bond acceptors (Lipinski definition) is 4. The lowest BCUT2D eigenvalue weighted by atomic mass is 10.2. The zero-order chi connectivity index (χ0) is 18.5. The minimum atomic E-state index is -1.03. The van der Waals surface area contributed by atoms with Gasteiger partial charge in [0.1, 0.15) is 5.82 Å². The molecule has 1 saturated heterocycles. The highest BCUT2D eigenvalue weighted by Crippen LogP contribution is 2.24. The number of likely N-dealkylation sites (tertiary alicyclic amines) is 1. The summed E-state index contributed by atoms with van der Waals surface area (Å²) in [5.41, 5.74) is 1.29. The van der Waals surface area contributed by atoms with Crippen LogP contribution in [0.3, 0.4) is 0 Å². The number of benzene rings is 1. The van der Waals surface area contributed by atoms with Crippen molar-refractivity contribution in [3.63, 3.8) is 0 Å². The lowest BCUT2D eigenvalue weighted by Crippen LogP contribution is -2.31. The molecule has 1 aliphatic heterocycles. The standard InChI is InChI=1S/C19H18ClN3O3/c20-16-10-13(6-7-17(24)25)11-21-18(16)22-15-8-9-23(12-15)19(26)14-4-2-1-3-5-14/h1-7,10-11,15H,8-9,12H2,(H,21,22)(H,24,25)/b7-6+/t15-/m1/s1. The first-order valence-corrected chi connectivity index (χ1v) is 8.58. The Morgan fingerprint density at radius 2 is 2.08 bits per heavy atom. The zero-order valence-corrected chi connectivity index (χ0v) is 14.7. The third-order valence-electron chi connectivity index (χ3n) is 4.12. The maximum absolute atomic E-state index is 12.5. The molecule has 1 aromatic heterocycles. The Bertz CT molecular complexity index is 839. The van der Waals surface area contributed by atoms with E-state index in [2.05, 4.69) is 10.3 Å². The van der Waals surface area contributed by atoms with Crippen molar-refractivity contribution in [3.8, 4) is 0 Å². The number of carbonyl (C=O) groups excluding carboxylic acids is 1. The topological polar surface area (TPSA) is 82.5 Å². The molecule has 0 aliphatic carbocycles. The normalized spacial score (nSPS) is 16.8. The molecule has 1 fully saturated rings. The number of anilines is 1. The summed E-state index contributed by atoms with van der Waals surface area (Å²) in [4.78, 5) is 29.1. The lowest BCUT2D eigenvalue weighted by Gasteiger charge is -2.18. The van der Waals surface area contributed by atoms with Crippen LogP contribution in [0.15, 0.2) is 48.7 Å². The molecule has 6 nitrogen and oxygen atoms in total. The number of rotatable bonds is 5. The van der Waals surface area contributed by atoms with Crippen LogP contribution in [0.25, 0.3) is 6.08 Å². The summed E-state index contributed by atoms with van der Waals surface area (Å²) < 4.78 is 0. The fourth-order valence-electron chi connectivity index (χ4n) is 2.84. The van der Waals surface area contributed by atoms with Crippen molar-refractivity contribution in [3.05, 3.63) is 64.8 Å². The number of halogens is 1. The van der Waals surface area contributed by atoms with Crippen LogP contribution >= 0.6 is 11.6 Å². The summed E-state index contributed by atoms with van der Waals surface area (Å²) in [6, 6.07) is 10.9. The molecule has 3 rings (SSSR count). The number of aliphatic carboxylic acids is 1. The number of pyridine rings is 1. The van der Waals surface area contributed by atoms with Gasteiger partial charge in [0.25, 0.3) is 5.91 Å². The zero-order valence-electron chi connectivity index (χ0n) is 13.9. The average Bonchev–Trinajstić information content (AvgIpc) is 3.10. The molecular formula is C19H18ClN3O3. The number of hydrogen-bond donors (Lipinski definition) is 2. The Morgan fingerprint density at radius 1 is 1.31 bits per heavy atom. The maximum atomic E-state index is 12.5. The van der Waals surface area contributed by atoms with Crippen molar-refractivity contribution in [1.82, 2.24) is 9.88 Å². The van der Waals surface area contributed by atoms with Crippen LogP contribution in [0, 0.1) is 0 Å². The van der Waals surface area contributed by atoms with E-state index in [9.17, 15) is 9.59 Å². The summed E-state index contributed by atoms with van der Waals surface area (Å²) in [6.07, 6.45) is 4.82. The molecule has 1 atom stereocenters. The summed E-state index contributed by atoms with van der Waals surface area (Å²) >= 11 is 6.23. The van der Waals surface area contributed by atoms with Gasteiger partial charge in [-0.05, 0) is 36.3 Å². The first-order valence-electron chi connectivity index (χ1n) is 8.20. The second-order valence-corrected chi connectivity index (χ2v) is 6.42. The van der Waals surface area contributed by atoms with Crippen LogP contribution in [-0.2, 0) is 4.79 Å². The number of aromatic nitrogens is 1. The van der Waals surface area contributed by atoms with Crippen LogP contribution in [0.1, 0.15) is 22.3 Å². The first-order chi connectivity index (χ1) is 12.5. The van der Waals surface area contributed by atoms with Crippen molar-refractivity contribution in [2.75, 3.05) is 18.4 Å². The van der Waals surface area contributed by atoms with Gasteiger partial charge in [0, 0.05) is 37.0 Å². The maximum Gasteiger partial charge on any atom is 0.328 e. The van der Waals surface area contributed by atoms with Crippen molar-refractivity contribution >= 4 is 35.4 Å². The molecule has 7 heteroatoms. The Morgan fingerprint density at radius 3 is 2.77 bits per heavy atom. The second-order valence-electron chi connectivity index (χ2n) is 6.02. The number of amides is 1. The molecule has 0 saturated carbocycles. The summed E-state index contributed by atoms with van der Waals surface area (Å²) in [6.45, 7) is 1.24. The first kappa shape index (κ1) is 17.9. The molecule has 134 valence electrons. The van der Waals surface area contributed by atoms with E-state index in [0.29, 0.717) is 35.1 Å². The van der Waals surface area contributed by atoms with E-state index >= 15 is 0 Å². The van der Waals surface area contributed by atoms with E-state index < -0.39 is 5.97 Å². The Balaban J connectivity index is 1.62. The van der Waals surface area contributed by atoms with E-state index in [0.717, 1.165) is 12.5 Å². The largest absolute Gasteiger partial charge is 0.478 e. The van der Waals surface area contributed by atoms with Gasteiger partial charge >= 0.3 is 5.97 Å². The monoisotopic (exact) mass is 371 g/mol. The molecule has 0 spiro atoms. The van der Waals surface area contributed by atoms with Crippen LogP contribution < -0.4 is 5.32 Å². The molecular weight excluding hydrogens is 354 g/mol. The SMILES string of the molecule is O=C(O)/C=C/c1cnc(N[C@@H]2CCN(C(=O)c3ccccc3)C2)c(Cl)c1. The number of nitrogens with zero attached hydrogens (tertiary/aromatic N) is 2. The average molecular weight is 372 g/mol. The van der Waals surface area contributed by atoms with Crippen molar-refractivity contribution in [2.45, 2.75) is 12.5 Å². The Kier molecular flexibility index (Phi) is 5.53. The van der Waals surface area contributed by atoms with Gasteiger partial charge in [0.05, 0.1) is 5.02 Å². The van der Waals surface area contributed by atoms with Crippen molar-refractivity contribution in [2.24, 2.45) is 0 Å². The fraction of sp³-hybridized carbons (Fsp3) is 0.211. The van der Waals surface area contributed by atoms with Gasteiger partial charge in [0.2, 0.25) is 0 Å². The lowest BCUT2D eigenvalue weighted by molar-refractivity contribution is -0.131. The fourth-order valence-corrected chi connectivity index (χ4v) is 3.07. The number of carboxylic acids is 1. The summed E-state index contributed by atoms with van der Waals surface area (Å²) in [7, 11) is 0. The molecule has 0 bridgehead atoms. The van der Waals surface area contributed by atoms with Gasteiger partial charge < -0.3 is 15.3 Å². The molecule has 0 radical (unpaired) electrons. The highest BCUT2D eigenvalue weighted by atomic mass is 35.5. The molecule has 0 unspecified atom stereocenters. The van der Waals surface area contributed by atoms with E-state index in [-0.39, 0.29) is 11.9 Å². The highest BCUT2D eigenvalue weighted by molar-refractivity contribution is 6.33. The minimum absolute atomic E-state index is 0.0168. The van der Waals surface area contributed by atoms with Gasteiger partial charge in [-0.2, -0.15) is 0 Å². The smallest absolute Gasteiger partial charge is 0.328 e. The molecule has 1 aliphatic rings. The Labute approximate surface area is 156 Å². The molecule has 2 aromatic rings. The van der Waals surface area contributed by atoms with Crippen LogP contribution in [0.5, 0.6) is 0 Å². The number of nitrogens with one attached hydrogen (secondary N) is 1. The number of carbonyl (C=O) groups is 2. The summed E-state index contributed by atoms with van der Waals surface area (Å²) in [5.74, 6) is -0.487. The van der Waals surface area contributed by atoms with Crippen molar-refractivity contribution < 1.29 is 14.7 Å². The van der Waals surface area contributed by atoms with Gasteiger partial charge in [-0.3, -0.25) is 4.79 Å². The van der Waals surface area contributed by atoms with E-state index in [1.54, 1.807) is 12.3 Å². The molecule has 2 heterocycles. The molecule has 26 heavy (non-hydrogen) atoms. The van der Waals surface area contributed by atoms with Gasteiger partial charge in [-0.15, -0.1) is 0 Å². The predicted octanol–water partition coefficient (Wildman–Crippen LogP) is 3.16. The van der Waals surface area contributed by atoms with Gasteiger partial charge in [-0.1, -0.05) is 29.8 Å². The third-order valence-corrected chi connectivity index (χ3v) is 4.41. The Hall–Kier alpha value is -2.86. The third kappa shape index (κ3) is 4.40. The highest BCUT2D eigenvalue weighted by Gasteiger charge is 2.27. The van der Waals surface area contributed by atoms with Crippen LogP contribution in [0.2, 0.25) is 5.02 Å². The van der Waals surface area contributed by atoms with E-state index in [1.165, 1.54) is 6.08 Å². The van der Waals surface area contributed by atoms with Gasteiger partial charge in [-0.25, -0.2) is 9.78 Å². The second kappa shape index (κ2) is 8.01. The van der Waals surface area contributed by atoms with Crippen LogP contribution in [-0.4, -0.2) is 46.0 Å². The molecule has 1 aromatic carbocycles. The van der Waals surface area contributed by atoms with E-state index in [4.69, 9.17) is 16.7 Å². The number of carboxylic acid groups (broad SMARTS) is 1. The predicted molar refractivity (Wildman–Crippen MR) is 100 cm³/mol. The minimum Gasteiger partial charge on any atom is -0.478 e. The summed E-state index contributed by atoms with van der Waals surface area (Å²) in [5, 5.41) is 12.3. The molecule has 2 N–H and O–H groups in total. The van der Waals surface area contributed by atoms with Gasteiger partial charge in [0.15, 0.2) is 0 Å². The van der Waals surface area contributed by atoms with Crippen LogP contribution in [0.4, 0.5) is 5.82 Å².